The first-order valence-electron chi connectivity index (χ1n) is 5.56. The number of nitriles is 1. The third kappa shape index (κ3) is 2.64. The fourth-order valence-corrected chi connectivity index (χ4v) is 3.84. The minimum Gasteiger partial charge on any atom is -0.244 e. The Morgan fingerprint density at radius 1 is 1.50 bits per heavy atom. The molecular weight excluding hydrogens is 274 g/mol. The molecule has 2 unspecified atom stereocenters. The molecule has 1 N–H and O–H groups in total. The lowest BCUT2D eigenvalue weighted by molar-refractivity contribution is 0.553. The van der Waals surface area contributed by atoms with Gasteiger partial charge in [0.15, 0.2) is 5.69 Å². The zero-order valence-electron chi connectivity index (χ0n) is 9.51. The van der Waals surface area contributed by atoms with Gasteiger partial charge in [0.2, 0.25) is 10.0 Å². The SMILES string of the molecule is N#Cc1ncccc1S(=O)(=O)NC1CCCC1Cl. The fourth-order valence-electron chi connectivity index (χ4n) is 2.00. The predicted octanol–water partition coefficient (Wildman–Crippen LogP) is 1.39. The summed E-state index contributed by atoms with van der Waals surface area (Å²) in [6.45, 7) is 0. The Hall–Kier alpha value is -1.16. The number of hydrogen-bond acceptors (Lipinski definition) is 4. The van der Waals surface area contributed by atoms with Gasteiger partial charge in [0.1, 0.15) is 11.0 Å². The number of aromatic nitrogens is 1. The van der Waals surface area contributed by atoms with Crippen molar-refractivity contribution in [1.82, 2.24) is 9.71 Å². The second kappa shape index (κ2) is 5.22. The molecule has 1 heterocycles. The Bertz CT molecular complexity index is 582. The number of nitrogens with zero attached hydrogens (tertiary/aromatic N) is 2. The Kier molecular flexibility index (Phi) is 3.85. The van der Waals surface area contributed by atoms with Crippen molar-refractivity contribution in [3.05, 3.63) is 24.0 Å². The molecule has 0 amide bonds. The number of hydrogen-bond donors (Lipinski definition) is 1. The molecular formula is C11H12ClN3O2S. The lowest BCUT2D eigenvalue weighted by atomic mass is 10.3. The minimum absolute atomic E-state index is 0.0942. The number of halogens is 1. The average molecular weight is 286 g/mol. The van der Waals surface area contributed by atoms with Gasteiger partial charge < -0.3 is 0 Å². The van der Waals surface area contributed by atoms with Crippen molar-refractivity contribution in [1.29, 1.82) is 5.26 Å². The Labute approximate surface area is 111 Å². The average Bonchev–Trinajstić information content (AvgIpc) is 2.74. The Balaban J connectivity index is 2.29. The normalized spacial score (nSPS) is 23.8. The molecule has 1 aromatic heterocycles. The van der Waals surface area contributed by atoms with Crippen molar-refractivity contribution in [2.45, 2.75) is 35.6 Å². The van der Waals surface area contributed by atoms with Gasteiger partial charge in [-0.2, -0.15) is 5.26 Å². The molecule has 0 bridgehead atoms. The molecule has 1 aliphatic carbocycles. The summed E-state index contributed by atoms with van der Waals surface area (Å²) in [5.74, 6) is 0. The van der Waals surface area contributed by atoms with E-state index in [2.05, 4.69) is 9.71 Å². The van der Waals surface area contributed by atoms with Crippen molar-refractivity contribution in [3.8, 4) is 6.07 Å². The van der Waals surface area contributed by atoms with Crippen LogP contribution in [0.2, 0.25) is 0 Å². The highest BCUT2D eigenvalue weighted by Gasteiger charge is 2.31. The van der Waals surface area contributed by atoms with Gasteiger partial charge in [-0.15, -0.1) is 11.6 Å². The fraction of sp³-hybridized carbons (Fsp3) is 0.455. The second-order valence-corrected chi connectivity index (χ2v) is 6.38. The van der Waals surface area contributed by atoms with Gasteiger partial charge >= 0.3 is 0 Å². The van der Waals surface area contributed by atoms with Gasteiger partial charge in [0.25, 0.3) is 0 Å². The summed E-state index contributed by atoms with van der Waals surface area (Å²) in [6, 6.07) is 4.36. The number of nitrogens with one attached hydrogen (secondary N) is 1. The summed E-state index contributed by atoms with van der Waals surface area (Å²) in [5.41, 5.74) is -0.103. The molecule has 0 spiro atoms. The molecule has 7 heteroatoms. The van der Waals surface area contributed by atoms with Crippen LogP contribution in [0.4, 0.5) is 0 Å². The summed E-state index contributed by atoms with van der Waals surface area (Å²) in [4.78, 5) is 3.65. The minimum atomic E-state index is -3.74. The summed E-state index contributed by atoms with van der Waals surface area (Å²) in [5, 5.41) is 8.67. The lowest BCUT2D eigenvalue weighted by Gasteiger charge is -2.16. The van der Waals surface area contributed by atoms with E-state index in [1.807, 2.05) is 0 Å². The van der Waals surface area contributed by atoms with Gasteiger partial charge in [-0.3, -0.25) is 0 Å². The third-order valence-electron chi connectivity index (χ3n) is 2.90. The van der Waals surface area contributed by atoms with Crippen LogP contribution in [-0.4, -0.2) is 24.8 Å². The lowest BCUT2D eigenvalue weighted by Crippen LogP contribution is -2.38. The zero-order valence-corrected chi connectivity index (χ0v) is 11.1. The monoisotopic (exact) mass is 285 g/mol. The van der Waals surface area contributed by atoms with E-state index in [9.17, 15) is 8.42 Å². The van der Waals surface area contributed by atoms with Crippen molar-refractivity contribution in [3.63, 3.8) is 0 Å². The standard InChI is InChI=1S/C11H12ClN3O2S/c12-8-3-1-4-9(8)15-18(16,17)11-5-2-6-14-10(11)7-13/h2,5-6,8-9,15H,1,3-4H2. The molecule has 5 nitrogen and oxygen atoms in total. The van der Waals surface area contributed by atoms with Crippen LogP contribution in [0.15, 0.2) is 23.2 Å². The first kappa shape index (κ1) is 13.3. The molecule has 0 radical (unpaired) electrons. The van der Waals surface area contributed by atoms with Crippen molar-refractivity contribution < 1.29 is 8.42 Å². The van der Waals surface area contributed by atoms with Gasteiger partial charge in [-0.1, -0.05) is 6.42 Å². The molecule has 0 aliphatic heterocycles. The van der Waals surface area contributed by atoms with Crippen LogP contribution >= 0.6 is 11.6 Å². The van der Waals surface area contributed by atoms with E-state index in [-0.39, 0.29) is 22.0 Å². The van der Waals surface area contributed by atoms with E-state index in [4.69, 9.17) is 16.9 Å². The number of sulfonamides is 1. The van der Waals surface area contributed by atoms with Crippen LogP contribution in [0.25, 0.3) is 0 Å². The van der Waals surface area contributed by atoms with E-state index >= 15 is 0 Å². The molecule has 2 atom stereocenters. The molecule has 1 aromatic rings. The van der Waals surface area contributed by atoms with Crippen molar-refractivity contribution >= 4 is 21.6 Å². The van der Waals surface area contributed by atoms with Crippen LogP contribution in [0.3, 0.4) is 0 Å². The van der Waals surface area contributed by atoms with Crippen LogP contribution in [0.5, 0.6) is 0 Å². The summed E-state index contributed by atoms with van der Waals surface area (Å²) < 4.78 is 26.9. The molecule has 96 valence electrons. The Morgan fingerprint density at radius 3 is 2.89 bits per heavy atom. The molecule has 0 saturated heterocycles. The number of alkyl halides is 1. The highest BCUT2D eigenvalue weighted by molar-refractivity contribution is 7.89. The second-order valence-electron chi connectivity index (χ2n) is 4.14. The predicted molar refractivity (Wildman–Crippen MR) is 66.6 cm³/mol. The molecule has 1 fully saturated rings. The van der Waals surface area contributed by atoms with Gasteiger partial charge in [-0.25, -0.2) is 18.1 Å². The molecule has 0 aromatic carbocycles. The van der Waals surface area contributed by atoms with E-state index in [1.54, 1.807) is 6.07 Å². The highest BCUT2D eigenvalue weighted by atomic mass is 35.5. The number of pyridine rings is 1. The van der Waals surface area contributed by atoms with E-state index in [0.29, 0.717) is 0 Å². The zero-order chi connectivity index (χ0) is 13.2. The maximum Gasteiger partial charge on any atom is 0.243 e. The summed E-state index contributed by atoms with van der Waals surface area (Å²) in [6.07, 6.45) is 3.80. The van der Waals surface area contributed by atoms with Gasteiger partial charge in [-0.05, 0) is 25.0 Å². The molecule has 2 rings (SSSR count). The third-order valence-corrected chi connectivity index (χ3v) is 4.95. The molecule has 18 heavy (non-hydrogen) atoms. The van der Waals surface area contributed by atoms with E-state index < -0.39 is 10.0 Å². The number of rotatable bonds is 3. The summed E-state index contributed by atoms with van der Waals surface area (Å²) in [7, 11) is -3.74. The van der Waals surface area contributed by atoms with Crippen LogP contribution in [-0.2, 0) is 10.0 Å². The van der Waals surface area contributed by atoms with Crippen LogP contribution in [0, 0.1) is 11.3 Å². The van der Waals surface area contributed by atoms with E-state index in [1.165, 1.54) is 18.3 Å². The van der Waals surface area contributed by atoms with Crippen LogP contribution in [0.1, 0.15) is 25.0 Å². The molecule has 1 aliphatic rings. The molecule has 1 saturated carbocycles. The first-order chi connectivity index (χ1) is 8.54. The smallest absolute Gasteiger partial charge is 0.243 e. The van der Waals surface area contributed by atoms with E-state index in [0.717, 1.165) is 19.3 Å². The largest absolute Gasteiger partial charge is 0.244 e. The Morgan fingerprint density at radius 2 is 2.28 bits per heavy atom. The maximum atomic E-state index is 12.2. The summed E-state index contributed by atoms with van der Waals surface area (Å²) >= 11 is 6.04. The quantitative estimate of drug-likeness (QED) is 0.851. The maximum absolute atomic E-state index is 12.2. The van der Waals surface area contributed by atoms with Crippen molar-refractivity contribution in [2.75, 3.05) is 0 Å². The van der Waals surface area contributed by atoms with Gasteiger partial charge in [0, 0.05) is 17.6 Å². The van der Waals surface area contributed by atoms with Crippen molar-refractivity contribution in [2.24, 2.45) is 0 Å². The highest BCUT2D eigenvalue weighted by Crippen LogP contribution is 2.25. The first-order valence-corrected chi connectivity index (χ1v) is 7.48. The topological polar surface area (TPSA) is 82.8 Å². The van der Waals surface area contributed by atoms with Gasteiger partial charge in [0.05, 0.1) is 0 Å². The van der Waals surface area contributed by atoms with Crippen LogP contribution < -0.4 is 4.72 Å².